The molecule has 84 valence electrons. The minimum absolute atomic E-state index is 0.130. The minimum atomic E-state index is -1.28. The fourth-order valence-corrected chi connectivity index (χ4v) is 2.54. The fraction of sp³-hybridized carbons (Fsp3) is 0.300. The lowest BCUT2D eigenvalue weighted by Crippen LogP contribution is -2.12. The molecule has 0 saturated heterocycles. The van der Waals surface area contributed by atoms with Gasteiger partial charge in [-0.1, -0.05) is 6.07 Å². The topological polar surface area (TPSA) is 17.1 Å². The average molecular weight is 297 g/mol. The number of ketones is 1. The zero-order valence-corrected chi connectivity index (χ0v) is 10.8. The quantitative estimate of drug-likeness (QED) is 0.780. The molecular formula is C10H11BrF2OS. The minimum Gasteiger partial charge on any atom is -0.293 e. The van der Waals surface area contributed by atoms with Crippen LogP contribution < -0.4 is 0 Å². The Kier molecular flexibility index (Phi) is 3.89. The van der Waals surface area contributed by atoms with Crippen LogP contribution in [0.2, 0.25) is 0 Å². The van der Waals surface area contributed by atoms with Crippen LogP contribution in [0.3, 0.4) is 0 Å². The van der Waals surface area contributed by atoms with Crippen LogP contribution in [-0.4, -0.2) is 24.0 Å². The van der Waals surface area contributed by atoms with E-state index >= 15 is 0 Å². The van der Waals surface area contributed by atoms with Gasteiger partial charge in [0.25, 0.3) is 0 Å². The van der Waals surface area contributed by atoms with Gasteiger partial charge in [-0.05, 0) is 39.5 Å². The lowest BCUT2D eigenvalue weighted by molar-refractivity contribution is 0.101. The largest absolute Gasteiger partial charge is 0.293 e. The molecular weight excluding hydrogens is 286 g/mol. The molecule has 0 aliphatic heterocycles. The first-order valence-electron chi connectivity index (χ1n) is 4.19. The van der Waals surface area contributed by atoms with Gasteiger partial charge in [-0.3, -0.25) is 4.79 Å². The molecule has 1 rings (SSSR count). The molecule has 0 spiro atoms. The highest BCUT2D eigenvalue weighted by Gasteiger charge is 2.21. The van der Waals surface area contributed by atoms with E-state index in [4.69, 9.17) is 0 Å². The summed E-state index contributed by atoms with van der Waals surface area (Å²) in [5.74, 6) is -1.96. The number of halogens is 3. The standard InChI is InChI=1S/C10H11BrF2OS/c1-15(2,11)6-9(14)10-7(12)4-3-5-8(10)13/h3-5H,6H2,1-2H3. The van der Waals surface area contributed by atoms with Crippen molar-refractivity contribution in [1.29, 1.82) is 0 Å². The SMILES string of the molecule is CS(C)(Br)CC(=O)c1c(F)cccc1F. The molecule has 1 nitrogen and oxygen atoms in total. The van der Waals surface area contributed by atoms with Gasteiger partial charge in [0, 0.05) is 5.75 Å². The molecule has 0 aromatic heterocycles. The number of carbonyl (C=O) groups is 1. The maximum absolute atomic E-state index is 13.2. The molecule has 0 saturated carbocycles. The predicted molar refractivity (Wildman–Crippen MR) is 63.9 cm³/mol. The Morgan fingerprint density at radius 3 is 2.20 bits per heavy atom. The molecule has 0 aliphatic carbocycles. The number of benzene rings is 1. The summed E-state index contributed by atoms with van der Waals surface area (Å²) in [7, 11) is -1.28. The first-order chi connectivity index (χ1) is 6.81. The molecule has 0 aliphatic rings. The van der Waals surface area contributed by atoms with E-state index in [9.17, 15) is 13.6 Å². The summed E-state index contributed by atoms with van der Waals surface area (Å²) in [6.07, 6.45) is 3.70. The molecule has 1 aromatic carbocycles. The third kappa shape index (κ3) is 3.57. The van der Waals surface area contributed by atoms with E-state index in [0.29, 0.717) is 0 Å². The second-order valence-corrected chi connectivity index (χ2v) is 11.9. The summed E-state index contributed by atoms with van der Waals surface area (Å²) >= 11 is 3.34. The van der Waals surface area contributed by atoms with Gasteiger partial charge in [-0.25, -0.2) is 8.78 Å². The molecule has 0 N–H and O–H groups in total. The van der Waals surface area contributed by atoms with Crippen molar-refractivity contribution in [3.63, 3.8) is 0 Å². The van der Waals surface area contributed by atoms with E-state index < -0.39 is 31.4 Å². The zero-order chi connectivity index (χ0) is 11.6. The fourth-order valence-electron chi connectivity index (χ4n) is 1.15. The molecule has 0 heterocycles. The van der Waals surface area contributed by atoms with Crippen molar-refractivity contribution >= 4 is 29.1 Å². The van der Waals surface area contributed by atoms with Gasteiger partial charge in [0.1, 0.15) is 11.6 Å². The van der Waals surface area contributed by atoms with Gasteiger partial charge in [0.2, 0.25) is 0 Å². The van der Waals surface area contributed by atoms with E-state index in [0.717, 1.165) is 12.1 Å². The monoisotopic (exact) mass is 296 g/mol. The van der Waals surface area contributed by atoms with Crippen LogP contribution in [0.25, 0.3) is 0 Å². The van der Waals surface area contributed by atoms with Crippen LogP contribution >= 0.6 is 23.3 Å². The van der Waals surface area contributed by atoms with Crippen molar-refractivity contribution in [1.82, 2.24) is 0 Å². The first-order valence-corrected chi connectivity index (χ1v) is 8.65. The smallest absolute Gasteiger partial charge is 0.177 e. The molecule has 0 bridgehead atoms. The normalized spacial score (nSPS) is 12.6. The Hall–Kier alpha value is -0.420. The third-order valence-corrected chi connectivity index (χ3v) is 3.35. The molecule has 0 radical (unpaired) electrons. The summed E-state index contributed by atoms with van der Waals surface area (Å²) in [5, 5.41) is 0. The summed E-state index contributed by atoms with van der Waals surface area (Å²) in [6, 6.07) is 3.42. The highest BCUT2D eigenvalue weighted by molar-refractivity contribution is 9.58. The van der Waals surface area contributed by atoms with Gasteiger partial charge in [-0.15, -0.1) is 0 Å². The molecule has 0 unspecified atom stereocenters. The summed E-state index contributed by atoms with van der Waals surface area (Å²) in [4.78, 5) is 11.6. The number of rotatable bonds is 3. The number of hydrogen-bond donors (Lipinski definition) is 0. The zero-order valence-electron chi connectivity index (χ0n) is 8.39. The first kappa shape index (κ1) is 12.6. The highest BCUT2D eigenvalue weighted by atomic mass is 79.9. The van der Waals surface area contributed by atoms with Crippen LogP contribution in [-0.2, 0) is 0 Å². The third-order valence-electron chi connectivity index (χ3n) is 1.72. The molecule has 0 fully saturated rings. The summed E-state index contributed by atoms with van der Waals surface area (Å²) < 4.78 is 26.4. The Balaban J connectivity index is 3.02. The second kappa shape index (κ2) is 4.61. The van der Waals surface area contributed by atoms with Crippen molar-refractivity contribution in [2.75, 3.05) is 18.3 Å². The van der Waals surface area contributed by atoms with Crippen molar-refractivity contribution in [3.05, 3.63) is 35.4 Å². The Morgan fingerprint density at radius 2 is 1.80 bits per heavy atom. The number of hydrogen-bond acceptors (Lipinski definition) is 1. The second-order valence-electron chi connectivity index (χ2n) is 3.57. The van der Waals surface area contributed by atoms with E-state index in [1.54, 1.807) is 0 Å². The summed E-state index contributed by atoms with van der Waals surface area (Å²) in [5.41, 5.74) is -0.433. The van der Waals surface area contributed by atoms with E-state index in [1.165, 1.54) is 6.07 Å². The predicted octanol–water partition coefficient (Wildman–Crippen LogP) is 3.52. The van der Waals surface area contributed by atoms with Crippen LogP contribution in [0, 0.1) is 11.6 Å². The van der Waals surface area contributed by atoms with Crippen LogP contribution in [0.5, 0.6) is 0 Å². The lowest BCUT2D eigenvalue weighted by atomic mass is 10.1. The number of carbonyl (C=O) groups excluding carboxylic acids is 1. The van der Waals surface area contributed by atoms with Gasteiger partial charge >= 0.3 is 0 Å². The molecule has 0 amide bonds. The van der Waals surface area contributed by atoms with Crippen molar-refractivity contribution in [3.8, 4) is 0 Å². The van der Waals surface area contributed by atoms with Crippen molar-refractivity contribution in [2.24, 2.45) is 0 Å². The molecule has 5 heteroatoms. The Bertz CT molecular complexity index is 367. The van der Waals surface area contributed by atoms with Crippen molar-refractivity contribution in [2.45, 2.75) is 0 Å². The van der Waals surface area contributed by atoms with Crippen molar-refractivity contribution < 1.29 is 13.6 Å². The van der Waals surface area contributed by atoms with E-state index in [2.05, 4.69) is 14.8 Å². The average Bonchev–Trinajstić information content (AvgIpc) is 1.99. The Labute approximate surface area is 96.4 Å². The van der Waals surface area contributed by atoms with E-state index in [1.807, 2.05) is 12.5 Å². The molecule has 15 heavy (non-hydrogen) atoms. The number of Topliss-reactive ketones (excluding diaryl/α,β-unsaturated/α-hetero) is 1. The van der Waals surface area contributed by atoms with Crippen LogP contribution in [0.4, 0.5) is 8.78 Å². The van der Waals surface area contributed by atoms with Gasteiger partial charge in [0.15, 0.2) is 5.78 Å². The maximum atomic E-state index is 13.2. The Morgan fingerprint density at radius 1 is 1.33 bits per heavy atom. The van der Waals surface area contributed by atoms with E-state index in [-0.39, 0.29) is 5.75 Å². The molecule has 1 aromatic rings. The van der Waals surface area contributed by atoms with Crippen LogP contribution in [0.15, 0.2) is 18.2 Å². The van der Waals surface area contributed by atoms with Gasteiger partial charge in [0.05, 0.1) is 5.56 Å². The molecule has 0 atom stereocenters. The lowest BCUT2D eigenvalue weighted by Gasteiger charge is -2.21. The maximum Gasteiger partial charge on any atom is 0.177 e. The van der Waals surface area contributed by atoms with Gasteiger partial charge in [-0.2, -0.15) is 8.46 Å². The van der Waals surface area contributed by atoms with Gasteiger partial charge < -0.3 is 0 Å². The highest BCUT2D eigenvalue weighted by Crippen LogP contribution is 2.48. The summed E-state index contributed by atoms with van der Waals surface area (Å²) in [6.45, 7) is 0. The van der Waals surface area contributed by atoms with Crippen LogP contribution in [0.1, 0.15) is 10.4 Å².